The van der Waals surface area contributed by atoms with E-state index in [0.717, 1.165) is 57.8 Å². The van der Waals surface area contributed by atoms with E-state index in [2.05, 4.69) is 31.2 Å². The summed E-state index contributed by atoms with van der Waals surface area (Å²) >= 11 is -1.34. The van der Waals surface area contributed by atoms with E-state index in [1.165, 1.54) is 36.8 Å². The standard InChI is InChI=1S/C32H46F5O2S/c1-30-19-17-26-25-14-9-8-12-23(25)22-24(29(26)27(30)15-16-28(30)38)13-7-5-3-2-4-6-10-20-40(39)21-11-18-31(33,34)32(35,36)37/h9,12,14,24,26-29,38H,2-7,10-11,13,15-22H2,1H3/t24-,26?,27+,28+,29-,30+,40?/m1/s1. The lowest BCUT2D eigenvalue weighted by molar-refractivity contribution is -0.284. The average molecular weight is 590 g/mol. The lowest BCUT2D eigenvalue weighted by Crippen LogP contribution is -2.47. The summed E-state index contributed by atoms with van der Waals surface area (Å²) in [4.78, 5) is 0. The Balaban J connectivity index is 1.13. The van der Waals surface area contributed by atoms with Crippen molar-refractivity contribution in [2.24, 2.45) is 23.2 Å². The molecule has 2 nitrogen and oxygen atoms in total. The van der Waals surface area contributed by atoms with Crippen molar-refractivity contribution < 1.29 is 31.6 Å². The molecule has 3 aliphatic rings. The zero-order chi connectivity index (χ0) is 29.0. The van der Waals surface area contributed by atoms with Gasteiger partial charge in [-0.3, -0.25) is 0 Å². The summed E-state index contributed by atoms with van der Waals surface area (Å²) in [7, 11) is 0. The van der Waals surface area contributed by atoms with E-state index in [9.17, 15) is 31.6 Å². The molecule has 0 aromatic heterocycles. The number of hydrogen-bond donors (Lipinski definition) is 1. The Hall–Kier alpha value is -0.860. The first-order valence-electron chi connectivity index (χ1n) is 15.4. The predicted octanol–water partition coefficient (Wildman–Crippen LogP) is 8.78. The number of unbranched alkanes of at least 4 members (excludes halogenated alkanes) is 6. The first kappa shape index (κ1) is 32.1. The first-order chi connectivity index (χ1) is 18.9. The molecule has 1 aromatic carbocycles. The number of aliphatic hydroxyl groups is 1. The van der Waals surface area contributed by atoms with Crippen LogP contribution in [-0.2, 0) is 17.6 Å². The third-order valence-electron chi connectivity index (χ3n) is 10.4. The number of hydrogen-bond acceptors (Lipinski definition) is 2. The van der Waals surface area contributed by atoms with Gasteiger partial charge in [0.15, 0.2) is 0 Å². The zero-order valence-electron chi connectivity index (χ0n) is 23.8. The molecule has 0 amide bonds. The van der Waals surface area contributed by atoms with Gasteiger partial charge in [-0.05, 0) is 104 Å². The largest absolute Gasteiger partial charge is 0.616 e. The molecule has 40 heavy (non-hydrogen) atoms. The van der Waals surface area contributed by atoms with Crippen LogP contribution in [-0.4, -0.2) is 39.4 Å². The maximum Gasteiger partial charge on any atom is 0.453 e. The van der Waals surface area contributed by atoms with E-state index in [1.54, 1.807) is 0 Å². The highest BCUT2D eigenvalue weighted by Gasteiger charge is 2.57. The summed E-state index contributed by atoms with van der Waals surface area (Å²) in [5.74, 6) is -1.89. The topological polar surface area (TPSA) is 43.3 Å². The van der Waals surface area contributed by atoms with Gasteiger partial charge in [-0.1, -0.05) is 68.4 Å². The van der Waals surface area contributed by atoms with Gasteiger partial charge < -0.3 is 9.66 Å². The summed E-state index contributed by atoms with van der Waals surface area (Å²) in [6.45, 7) is 2.33. The van der Waals surface area contributed by atoms with Gasteiger partial charge in [-0.25, -0.2) is 0 Å². The number of alkyl halides is 5. The van der Waals surface area contributed by atoms with Gasteiger partial charge in [0.05, 0.1) is 6.10 Å². The van der Waals surface area contributed by atoms with Gasteiger partial charge >= 0.3 is 12.1 Å². The van der Waals surface area contributed by atoms with E-state index in [-0.39, 0.29) is 23.7 Å². The van der Waals surface area contributed by atoms with Crippen LogP contribution in [0.5, 0.6) is 0 Å². The van der Waals surface area contributed by atoms with Gasteiger partial charge in [0.2, 0.25) is 0 Å². The molecule has 8 heteroatoms. The van der Waals surface area contributed by atoms with Crippen LogP contribution >= 0.6 is 0 Å². The fourth-order valence-electron chi connectivity index (χ4n) is 8.17. The van der Waals surface area contributed by atoms with Crippen LogP contribution in [0.25, 0.3) is 0 Å². The number of rotatable bonds is 14. The van der Waals surface area contributed by atoms with Crippen molar-refractivity contribution >= 4 is 11.2 Å². The second kappa shape index (κ2) is 13.6. The van der Waals surface area contributed by atoms with Crippen molar-refractivity contribution in [1.29, 1.82) is 0 Å². The fourth-order valence-corrected chi connectivity index (χ4v) is 9.36. The van der Waals surface area contributed by atoms with E-state index in [4.69, 9.17) is 0 Å². The summed E-state index contributed by atoms with van der Waals surface area (Å²) in [5.41, 5.74) is 3.07. The Morgan fingerprint density at radius 2 is 1.65 bits per heavy atom. The van der Waals surface area contributed by atoms with Crippen LogP contribution < -0.4 is 0 Å². The Bertz CT molecular complexity index is 940. The highest BCUT2D eigenvalue weighted by Crippen LogP contribution is 2.62. The molecule has 1 radical (unpaired) electrons. The number of fused-ring (bicyclic) bond motifs is 5. The SMILES string of the molecule is C[C@]12CCC3c4cc[c]cc4C[C@@H](CCCCCCCCC[S+]([O-])CCCC(F)(F)C(F)(F)F)[C@H]3[C@@H]1CC[C@@H]2O. The molecule has 1 aromatic rings. The summed E-state index contributed by atoms with van der Waals surface area (Å²) in [6.07, 6.45) is 6.66. The van der Waals surface area contributed by atoms with Crippen LogP contribution in [0, 0.1) is 29.2 Å². The highest BCUT2D eigenvalue weighted by atomic mass is 32.2. The van der Waals surface area contributed by atoms with Crippen LogP contribution in [0.3, 0.4) is 0 Å². The van der Waals surface area contributed by atoms with E-state index >= 15 is 0 Å². The highest BCUT2D eigenvalue weighted by molar-refractivity contribution is 7.91. The molecule has 227 valence electrons. The molecule has 0 bridgehead atoms. The minimum absolute atomic E-state index is 0.0651. The van der Waals surface area contributed by atoms with Crippen LogP contribution in [0.2, 0.25) is 0 Å². The van der Waals surface area contributed by atoms with Crippen molar-refractivity contribution in [2.75, 3.05) is 11.5 Å². The first-order valence-corrected chi connectivity index (χ1v) is 16.9. The minimum Gasteiger partial charge on any atom is -0.616 e. The molecule has 0 aliphatic heterocycles. The third kappa shape index (κ3) is 7.37. The molecule has 2 unspecified atom stereocenters. The third-order valence-corrected chi connectivity index (χ3v) is 11.9. The van der Waals surface area contributed by atoms with Gasteiger partial charge in [0, 0.05) is 6.42 Å². The molecular weight excluding hydrogens is 543 g/mol. The van der Waals surface area contributed by atoms with Crippen molar-refractivity contribution in [2.45, 2.75) is 127 Å². The van der Waals surface area contributed by atoms with E-state index in [0.29, 0.717) is 29.4 Å². The Labute approximate surface area is 240 Å². The quantitative estimate of drug-likeness (QED) is 0.134. The lowest BCUT2D eigenvalue weighted by atomic mass is 9.52. The maximum atomic E-state index is 12.9. The fraction of sp³-hybridized carbons (Fsp3) is 0.812. The molecule has 0 heterocycles. The van der Waals surface area contributed by atoms with Crippen molar-refractivity contribution in [1.82, 2.24) is 0 Å². The molecule has 0 saturated heterocycles. The molecule has 1 N–H and O–H groups in total. The van der Waals surface area contributed by atoms with Gasteiger partial charge in [0.1, 0.15) is 11.5 Å². The predicted molar refractivity (Wildman–Crippen MR) is 150 cm³/mol. The molecule has 4 rings (SSSR count). The number of benzene rings is 1. The summed E-state index contributed by atoms with van der Waals surface area (Å²) in [5, 5.41) is 10.8. The second-order valence-electron chi connectivity index (χ2n) is 12.9. The molecule has 2 fully saturated rings. The van der Waals surface area contributed by atoms with Crippen molar-refractivity contribution in [3.8, 4) is 0 Å². The van der Waals surface area contributed by atoms with Crippen LogP contribution in [0.15, 0.2) is 18.2 Å². The lowest BCUT2D eigenvalue weighted by Gasteiger charge is -2.53. The molecule has 0 spiro atoms. The van der Waals surface area contributed by atoms with E-state index in [1.807, 2.05) is 0 Å². The van der Waals surface area contributed by atoms with Gasteiger partial charge in [-0.15, -0.1) is 0 Å². The molecule has 7 atom stereocenters. The van der Waals surface area contributed by atoms with Crippen molar-refractivity contribution in [3.05, 3.63) is 35.4 Å². The molecular formula is C32H46F5O2S. The second-order valence-corrected chi connectivity index (χ2v) is 14.6. The van der Waals surface area contributed by atoms with Crippen molar-refractivity contribution in [3.63, 3.8) is 0 Å². The summed E-state index contributed by atoms with van der Waals surface area (Å²) in [6, 6.07) is 9.84. The monoisotopic (exact) mass is 589 g/mol. The Morgan fingerprint density at radius 1 is 0.975 bits per heavy atom. The maximum absolute atomic E-state index is 12.9. The van der Waals surface area contributed by atoms with Crippen LogP contribution in [0.1, 0.15) is 114 Å². The van der Waals surface area contributed by atoms with Gasteiger partial charge in [-0.2, -0.15) is 22.0 Å². The molecule has 2 saturated carbocycles. The Kier molecular flexibility index (Phi) is 10.9. The smallest absolute Gasteiger partial charge is 0.453 e. The van der Waals surface area contributed by atoms with E-state index < -0.39 is 29.7 Å². The zero-order valence-corrected chi connectivity index (χ0v) is 24.6. The Morgan fingerprint density at radius 3 is 2.38 bits per heavy atom. The number of halogens is 5. The normalized spacial score (nSPS) is 30.9. The summed E-state index contributed by atoms with van der Waals surface area (Å²) < 4.78 is 74.5. The van der Waals surface area contributed by atoms with Gasteiger partial charge in [0.25, 0.3) is 0 Å². The molecule has 3 aliphatic carbocycles. The minimum atomic E-state index is -5.53. The number of aliphatic hydroxyl groups excluding tert-OH is 1. The van der Waals surface area contributed by atoms with Crippen LogP contribution in [0.4, 0.5) is 22.0 Å². The average Bonchev–Trinajstić information content (AvgIpc) is 3.20.